The maximum Gasteiger partial charge on any atom is 0.0362 e. The molecule has 1 heterocycles. The Morgan fingerprint density at radius 1 is 1.27 bits per heavy atom. The number of hydrogen-bond acceptors (Lipinski definition) is 2. The molecule has 2 nitrogen and oxygen atoms in total. The van der Waals surface area contributed by atoms with Crippen LogP contribution >= 0.6 is 0 Å². The van der Waals surface area contributed by atoms with Crippen LogP contribution in [0.5, 0.6) is 0 Å². The topological polar surface area (TPSA) is 29.3 Å². The summed E-state index contributed by atoms with van der Waals surface area (Å²) in [5.74, 6) is 0. The molecule has 0 unspecified atom stereocenters. The molecule has 0 bridgehead atoms. The second kappa shape index (κ2) is 7.30. The Balaban J connectivity index is 2.62. The molecular weight excluding hydrogens is 184 g/mol. The third-order valence-corrected chi connectivity index (χ3v) is 2.60. The average molecular weight is 206 g/mol. The Morgan fingerprint density at radius 2 is 2.00 bits per heavy atom. The lowest BCUT2D eigenvalue weighted by atomic mass is 10.1. The van der Waals surface area contributed by atoms with Crippen LogP contribution in [0.25, 0.3) is 0 Å². The molecule has 15 heavy (non-hydrogen) atoms. The molecule has 2 heteroatoms. The van der Waals surface area contributed by atoms with E-state index in [0.717, 1.165) is 0 Å². The maximum atomic E-state index is 5.42. The maximum absolute atomic E-state index is 5.42. The number of piperidine rings is 1. The van der Waals surface area contributed by atoms with Crippen LogP contribution < -0.4 is 5.73 Å². The van der Waals surface area contributed by atoms with E-state index in [1.54, 1.807) is 0 Å². The lowest BCUT2D eigenvalue weighted by Gasteiger charge is -2.29. The molecule has 1 saturated heterocycles. The van der Waals surface area contributed by atoms with Crippen molar-refractivity contribution in [2.45, 2.75) is 26.2 Å². The summed E-state index contributed by atoms with van der Waals surface area (Å²) in [7, 11) is 0. The Bertz CT molecular complexity index is 245. The SMILES string of the molecule is C\C=C/C(=C\C=C\CN)N1CCCCC1. The second-order valence-corrected chi connectivity index (χ2v) is 3.80. The number of rotatable bonds is 4. The average Bonchev–Trinajstić information content (AvgIpc) is 2.29. The first-order valence-corrected chi connectivity index (χ1v) is 5.83. The summed E-state index contributed by atoms with van der Waals surface area (Å²) in [6.45, 7) is 5.04. The van der Waals surface area contributed by atoms with E-state index in [2.05, 4.69) is 30.1 Å². The Hall–Kier alpha value is -1.02. The number of nitrogens with zero attached hydrogens (tertiary/aromatic N) is 1. The van der Waals surface area contributed by atoms with E-state index in [0.29, 0.717) is 6.54 Å². The highest BCUT2D eigenvalue weighted by Gasteiger charge is 2.10. The minimum Gasteiger partial charge on any atom is -0.372 e. The Kier molecular flexibility index (Phi) is 5.86. The van der Waals surface area contributed by atoms with Gasteiger partial charge in [0, 0.05) is 25.3 Å². The number of allylic oxidation sites excluding steroid dienone is 4. The molecule has 0 atom stereocenters. The van der Waals surface area contributed by atoms with Crippen LogP contribution in [0.4, 0.5) is 0 Å². The minimum absolute atomic E-state index is 0.611. The molecule has 1 fully saturated rings. The highest BCUT2D eigenvalue weighted by Crippen LogP contribution is 2.15. The molecule has 0 radical (unpaired) electrons. The predicted octanol–water partition coefficient (Wildman–Crippen LogP) is 2.45. The highest BCUT2D eigenvalue weighted by atomic mass is 15.1. The van der Waals surface area contributed by atoms with E-state index in [1.807, 2.05) is 12.2 Å². The second-order valence-electron chi connectivity index (χ2n) is 3.80. The van der Waals surface area contributed by atoms with Crippen LogP contribution in [0.3, 0.4) is 0 Å². The number of hydrogen-bond donors (Lipinski definition) is 1. The molecule has 0 aromatic rings. The van der Waals surface area contributed by atoms with Crippen molar-refractivity contribution in [1.82, 2.24) is 4.90 Å². The van der Waals surface area contributed by atoms with E-state index < -0.39 is 0 Å². The van der Waals surface area contributed by atoms with Gasteiger partial charge in [-0.15, -0.1) is 0 Å². The van der Waals surface area contributed by atoms with E-state index >= 15 is 0 Å². The number of likely N-dealkylation sites (tertiary alicyclic amines) is 1. The third-order valence-electron chi connectivity index (χ3n) is 2.60. The third kappa shape index (κ3) is 4.34. The highest BCUT2D eigenvalue weighted by molar-refractivity contribution is 5.23. The van der Waals surface area contributed by atoms with Gasteiger partial charge in [0.2, 0.25) is 0 Å². The fraction of sp³-hybridized carbons (Fsp3) is 0.538. The van der Waals surface area contributed by atoms with Crippen LogP contribution in [-0.2, 0) is 0 Å². The fourth-order valence-electron chi connectivity index (χ4n) is 1.83. The summed E-state index contributed by atoms with van der Waals surface area (Å²) < 4.78 is 0. The van der Waals surface area contributed by atoms with Gasteiger partial charge in [-0.1, -0.05) is 18.2 Å². The Labute approximate surface area is 93.1 Å². The first kappa shape index (κ1) is 12.1. The van der Waals surface area contributed by atoms with Crippen LogP contribution in [0, 0.1) is 0 Å². The summed E-state index contributed by atoms with van der Waals surface area (Å²) in [6, 6.07) is 0. The summed E-state index contributed by atoms with van der Waals surface area (Å²) in [4.78, 5) is 2.45. The molecule has 0 aromatic heterocycles. The van der Waals surface area contributed by atoms with E-state index in [1.165, 1.54) is 38.0 Å². The van der Waals surface area contributed by atoms with Crippen LogP contribution in [0.2, 0.25) is 0 Å². The zero-order valence-corrected chi connectivity index (χ0v) is 9.65. The van der Waals surface area contributed by atoms with Gasteiger partial charge in [0.1, 0.15) is 0 Å². The van der Waals surface area contributed by atoms with Gasteiger partial charge in [-0.05, 0) is 38.3 Å². The van der Waals surface area contributed by atoms with Crippen LogP contribution in [0.15, 0.2) is 36.1 Å². The molecule has 1 rings (SSSR count). The van der Waals surface area contributed by atoms with E-state index in [4.69, 9.17) is 5.73 Å². The van der Waals surface area contributed by atoms with Gasteiger partial charge >= 0.3 is 0 Å². The van der Waals surface area contributed by atoms with E-state index in [-0.39, 0.29) is 0 Å². The molecule has 1 aliphatic rings. The molecule has 2 N–H and O–H groups in total. The molecule has 0 aromatic carbocycles. The van der Waals surface area contributed by atoms with Gasteiger partial charge in [0.25, 0.3) is 0 Å². The molecule has 0 saturated carbocycles. The first-order valence-electron chi connectivity index (χ1n) is 5.83. The number of nitrogens with two attached hydrogens (primary N) is 1. The van der Waals surface area contributed by atoms with Gasteiger partial charge in [0.15, 0.2) is 0 Å². The van der Waals surface area contributed by atoms with Crippen molar-refractivity contribution in [2.24, 2.45) is 5.73 Å². The van der Waals surface area contributed by atoms with Crippen molar-refractivity contribution in [3.05, 3.63) is 36.1 Å². The molecule has 0 aliphatic carbocycles. The first-order chi connectivity index (χ1) is 7.38. The minimum atomic E-state index is 0.611. The molecule has 0 spiro atoms. The standard InChI is InChI=1S/C13H22N2/c1-2-8-13(9-4-5-10-14)15-11-6-3-7-12-15/h2,4-5,8-9H,3,6-7,10-12,14H2,1H3/b5-4+,8-2-,13-9+. The zero-order chi connectivity index (χ0) is 10.9. The normalized spacial score (nSPS) is 19.3. The lowest BCUT2D eigenvalue weighted by Crippen LogP contribution is -2.28. The van der Waals surface area contributed by atoms with Crippen LogP contribution in [-0.4, -0.2) is 24.5 Å². The van der Waals surface area contributed by atoms with Gasteiger partial charge in [-0.3, -0.25) is 0 Å². The largest absolute Gasteiger partial charge is 0.372 e. The summed E-state index contributed by atoms with van der Waals surface area (Å²) in [6.07, 6.45) is 14.4. The van der Waals surface area contributed by atoms with Gasteiger partial charge in [0.05, 0.1) is 0 Å². The molecule has 0 amide bonds. The van der Waals surface area contributed by atoms with Crippen molar-refractivity contribution in [2.75, 3.05) is 19.6 Å². The van der Waals surface area contributed by atoms with Crippen molar-refractivity contribution >= 4 is 0 Å². The monoisotopic (exact) mass is 206 g/mol. The lowest BCUT2D eigenvalue weighted by molar-refractivity contribution is 0.293. The fourth-order valence-corrected chi connectivity index (χ4v) is 1.83. The molecule has 1 aliphatic heterocycles. The van der Waals surface area contributed by atoms with Gasteiger partial charge < -0.3 is 10.6 Å². The Morgan fingerprint density at radius 3 is 2.60 bits per heavy atom. The summed E-state index contributed by atoms with van der Waals surface area (Å²) in [5.41, 5.74) is 6.73. The van der Waals surface area contributed by atoms with Crippen molar-refractivity contribution in [1.29, 1.82) is 0 Å². The van der Waals surface area contributed by atoms with Gasteiger partial charge in [-0.2, -0.15) is 0 Å². The summed E-state index contributed by atoms with van der Waals surface area (Å²) >= 11 is 0. The van der Waals surface area contributed by atoms with Crippen molar-refractivity contribution in [3.63, 3.8) is 0 Å². The quantitative estimate of drug-likeness (QED) is 0.716. The molecule has 84 valence electrons. The van der Waals surface area contributed by atoms with E-state index in [9.17, 15) is 0 Å². The van der Waals surface area contributed by atoms with Crippen molar-refractivity contribution in [3.8, 4) is 0 Å². The van der Waals surface area contributed by atoms with Gasteiger partial charge in [-0.25, -0.2) is 0 Å². The predicted molar refractivity (Wildman–Crippen MR) is 66.5 cm³/mol. The molecular formula is C13H22N2. The van der Waals surface area contributed by atoms with Crippen molar-refractivity contribution < 1.29 is 0 Å². The smallest absolute Gasteiger partial charge is 0.0362 e. The summed E-state index contributed by atoms with van der Waals surface area (Å²) in [5, 5.41) is 0. The zero-order valence-electron chi connectivity index (χ0n) is 9.65. The van der Waals surface area contributed by atoms with Crippen LogP contribution in [0.1, 0.15) is 26.2 Å².